The summed E-state index contributed by atoms with van der Waals surface area (Å²) in [6.45, 7) is -0.0515. The van der Waals surface area contributed by atoms with Gasteiger partial charge in [0.2, 0.25) is 11.2 Å². The number of benzene rings is 4. The smallest absolute Gasteiger partial charge is 0.296 e. The van der Waals surface area contributed by atoms with E-state index in [1.165, 1.54) is 54.6 Å². The lowest BCUT2D eigenvalue weighted by Crippen LogP contribution is -2.08. The van der Waals surface area contributed by atoms with Gasteiger partial charge in [0.15, 0.2) is 11.6 Å². The highest BCUT2D eigenvalue weighted by molar-refractivity contribution is 7.86. The van der Waals surface area contributed by atoms with Gasteiger partial charge in [-0.15, -0.1) is 10.2 Å². The molecular weight excluding hydrogens is 702 g/mol. The largest absolute Gasteiger partial charge is 0.505 e. The van der Waals surface area contributed by atoms with Gasteiger partial charge < -0.3 is 15.7 Å². The molecule has 4 aromatic carbocycles. The molecule has 21 heteroatoms. The maximum absolute atomic E-state index is 12.3. The zero-order valence-electron chi connectivity index (χ0n) is 23.2. The third-order valence-electron chi connectivity index (χ3n) is 6.22. The quantitative estimate of drug-likeness (QED) is 0.0827. The summed E-state index contributed by atoms with van der Waals surface area (Å²) in [4.78, 5) is 10.4. The highest BCUT2D eigenvalue weighted by Gasteiger charge is 2.23. The fourth-order valence-corrected chi connectivity index (χ4v) is 6.17. The van der Waals surface area contributed by atoms with E-state index in [1.807, 2.05) is 0 Å². The SMILES string of the molecule is O=S(=O)(O)c1cccc(Nc2nc(Cl)nc(CNc3ccc4c(O)c(N=Nc5ccccc5S(=O)(=O)O)c(S(=O)(=O)O)cc4c3)n2)c1. The molecule has 0 bridgehead atoms. The minimum Gasteiger partial charge on any atom is -0.505 e. The first-order chi connectivity index (χ1) is 22.0. The Labute approximate surface area is 271 Å². The molecule has 244 valence electrons. The van der Waals surface area contributed by atoms with E-state index >= 15 is 0 Å². The average molecular weight is 722 g/mol. The predicted octanol–water partition coefficient (Wildman–Crippen LogP) is 4.90. The second-order valence-corrected chi connectivity index (χ2v) is 14.0. The van der Waals surface area contributed by atoms with Crippen molar-refractivity contribution in [3.8, 4) is 5.75 Å². The number of fused-ring (bicyclic) bond motifs is 1. The first kappa shape index (κ1) is 33.5. The van der Waals surface area contributed by atoms with E-state index in [0.29, 0.717) is 5.69 Å². The van der Waals surface area contributed by atoms with Gasteiger partial charge in [0.05, 0.1) is 11.4 Å². The topological polar surface area (TPSA) is 271 Å². The number of rotatable bonds is 10. The normalized spacial score (nSPS) is 12.4. The Morgan fingerprint density at radius 3 is 2.15 bits per heavy atom. The molecule has 0 aliphatic rings. The number of azo groups is 1. The van der Waals surface area contributed by atoms with Crippen LogP contribution in [0.1, 0.15) is 5.82 Å². The molecule has 0 atom stereocenters. The van der Waals surface area contributed by atoms with Crippen LogP contribution in [0.3, 0.4) is 0 Å². The number of halogens is 1. The van der Waals surface area contributed by atoms with Gasteiger partial charge in [0, 0.05) is 16.8 Å². The fourth-order valence-electron chi connectivity index (χ4n) is 4.19. The van der Waals surface area contributed by atoms with Crippen LogP contribution in [-0.4, -0.2) is 59.0 Å². The molecular formula is C26H20ClN7O10S3. The lowest BCUT2D eigenvalue weighted by molar-refractivity contribution is 0.472. The van der Waals surface area contributed by atoms with E-state index in [1.54, 1.807) is 0 Å². The highest BCUT2D eigenvalue weighted by atomic mass is 35.5. The van der Waals surface area contributed by atoms with Gasteiger partial charge in [-0.2, -0.15) is 35.2 Å². The van der Waals surface area contributed by atoms with E-state index in [9.17, 15) is 44.0 Å². The van der Waals surface area contributed by atoms with E-state index in [2.05, 4.69) is 35.8 Å². The van der Waals surface area contributed by atoms with Crippen LogP contribution < -0.4 is 10.6 Å². The van der Waals surface area contributed by atoms with Crippen molar-refractivity contribution in [1.82, 2.24) is 15.0 Å². The van der Waals surface area contributed by atoms with Gasteiger partial charge in [-0.25, -0.2) is 4.98 Å². The number of nitrogens with zero attached hydrogens (tertiary/aromatic N) is 5. The van der Waals surface area contributed by atoms with Crippen LogP contribution in [-0.2, 0) is 36.9 Å². The van der Waals surface area contributed by atoms with Crippen molar-refractivity contribution in [3.63, 3.8) is 0 Å². The highest BCUT2D eigenvalue weighted by Crippen LogP contribution is 2.42. The minimum absolute atomic E-state index is 0.0450. The molecule has 0 saturated carbocycles. The fraction of sp³-hybridized carbons (Fsp3) is 0.0385. The number of phenolic OH excluding ortho intramolecular Hbond substituents is 1. The molecule has 0 fully saturated rings. The number of aromatic nitrogens is 3. The molecule has 17 nitrogen and oxygen atoms in total. The monoisotopic (exact) mass is 721 g/mol. The molecule has 5 aromatic rings. The summed E-state index contributed by atoms with van der Waals surface area (Å²) in [5.74, 6) is -0.620. The predicted molar refractivity (Wildman–Crippen MR) is 168 cm³/mol. The van der Waals surface area contributed by atoms with Gasteiger partial charge in [0.25, 0.3) is 30.4 Å². The summed E-state index contributed by atoms with van der Waals surface area (Å²) >= 11 is 6.04. The molecule has 0 aliphatic heterocycles. The van der Waals surface area contributed by atoms with Crippen LogP contribution in [0.15, 0.2) is 97.7 Å². The Kier molecular flexibility index (Phi) is 9.10. The van der Waals surface area contributed by atoms with Crippen LogP contribution in [0.4, 0.5) is 28.7 Å². The van der Waals surface area contributed by atoms with E-state index in [-0.39, 0.29) is 50.6 Å². The first-order valence-corrected chi connectivity index (χ1v) is 17.4. The molecule has 0 amide bonds. The van der Waals surface area contributed by atoms with Crippen LogP contribution in [0.25, 0.3) is 10.8 Å². The molecule has 1 heterocycles. The third-order valence-corrected chi connectivity index (χ3v) is 9.01. The number of phenols is 1. The van der Waals surface area contributed by atoms with Crippen LogP contribution in [0.5, 0.6) is 5.75 Å². The third kappa shape index (κ3) is 7.94. The van der Waals surface area contributed by atoms with Crippen molar-refractivity contribution < 1.29 is 44.0 Å². The van der Waals surface area contributed by atoms with E-state index in [4.69, 9.17) is 11.6 Å². The molecule has 0 saturated heterocycles. The molecule has 6 N–H and O–H groups in total. The zero-order chi connectivity index (χ0) is 34.1. The number of aromatic hydroxyl groups is 1. The first-order valence-electron chi connectivity index (χ1n) is 12.7. The van der Waals surface area contributed by atoms with Crippen molar-refractivity contribution >= 4 is 81.4 Å². The van der Waals surface area contributed by atoms with Crippen LogP contribution in [0.2, 0.25) is 5.28 Å². The molecule has 5 rings (SSSR count). The standard InChI is InChI=1S/C26H20ClN7O10S3/c27-25-30-22(31-26(32-25)29-16-4-3-5-17(12-16)45(36,37)38)13-28-15-8-9-18-14(10-15)11-21(47(42,43)44)23(24(18)35)34-33-19-6-1-2-7-20(19)46(39,40)41/h1-12,28,35H,13H2,(H,36,37,38)(H,39,40,41)(H,42,43,44)(H,29,30,31,32). The Morgan fingerprint density at radius 1 is 0.723 bits per heavy atom. The van der Waals surface area contributed by atoms with Crippen LogP contribution >= 0.6 is 11.6 Å². The van der Waals surface area contributed by atoms with E-state index in [0.717, 1.165) is 18.2 Å². The lowest BCUT2D eigenvalue weighted by atomic mass is 10.1. The van der Waals surface area contributed by atoms with Crippen molar-refractivity contribution in [2.24, 2.45) is 10.2 Å². The van der Waals surface area contributed by atoms with Crippen molar-refractivity contribution in [2.75, 3.05) is 10.6 Å². The van der Waals surface area contributed by atoms with Crippen LogP contribution in [0, 0.1) is 0 Å². The van der Waals surface area contributed by atoms with Gasteiger partial charge in [-0.05, 0) is 71.6 Å². The molecule has 47 heavy (non-hydrogen) atoms. The molecule has 1 aromatic heterocycles. The Hall–Kier alpha value is -4.83. The lowest BCUT2D eigenvalue weighted by Gasteiger charge is -2.12. The van der Waals surface area contributed by atoms with E-state index < -0.39 is 51.6 Å². The molecule has 0 unspecified atom stereocenters. The van der Waals surface area contributed by atoms with Gasteiger partial charge >= 0.3 is 0 Å². The Balaban J connectivity index is 1.43. The number of hydrogen-bond acceptors (Lipinski definition) is 14. The maximum Gasteiger partial charge on any atom is 0.296 e. The second-order valence-electron chi connectivity index (χ2n) is 9.45. The maximum atomic E-state index is 12.3. The number of nitrogens with one attached hydrogen (secondary N) is 2. The summed E-state index contributed by atoms with van der Waals surface area (Å²) in [5, 5.41) is 24.1. The number of hydrogen-bond donors (Lipinski definition) is 6. The minimum atomic E-state index is -5.00. The zero-order valence-corrected chi connectivity index (χ0v) is 26.4. The average Bonchev–Trinajstić information content (AvgIpc) is 2.98. The Bertz CT molecular complexity index is 2410. The molecule has 0 aliphatic carbocycles. The summed E-state index contributed by atoms with van der Waals surface area (Å²) in [6, 6.07) is 15.5. The van der Waals surface area contributed by atoms with Gasteiger partial charge in [-0.3, -0.25) is 13.7 Å². The van der Waals surface area contributed by atoms with Gasteiger partial charge in [0.1, 0.15) is 21.2 Å². The molecule has 0 spiro atoms. The summed E-state index contributed by atoms with van der Waals surface area (Å²) < 4.78 is 99.4. The van der Waals surface area contributed by atoms with Crippen molar-refractivity contribution in [2.45, 2.75) is 21.2 Å². The van der Waals surface area contributed by atoms with Gasteiger partial charge in [-0.1, -0.05) is 18.2 Å². The Morgan fingerprint density at radius 2 is 1.45 bits per heavy atom. The summed E-state index contributed by atoms with van der Waals surface area (Å²) in [7, 11) is -14.2. The number of anilines is 3. The van der Waals surface area contributed by atoms with Crippen molar-refractivity contribution in [3.05, 3.63) is 83.9 Å². The van der Waals surface area contributed by atoms with Crippen molar-refractivity contribution in [1.29, 1.82) is 0 Å². The second kappa shape index (κ2) is 12.8. The summed E-state index contributed by atoms with van der Waals surface area (Å²) in [5.41, 5.74) is -0.444. The molecule has 0 radical (unpaired) electrons. The summed E-state index contributed by atoms with van der Waals surface area (Å²) in [6.07, 6.45) is 0.